The van der Waals surface area contributed by atoms with Crippen LogP contribution in [0.15, 0.2) is 90.0 Å². The molecule has 6 rings (SSSR count). The van der Waals surface area contributed by atoms with Crippen LogP contribution in [0, 0.1) is 5.41 Å². The van der Waals surface area contributed by atoms with Gasteiger partial charge in [-0.15, -0.1) is 0 Å². The first kappa shape index (κ1) is 20.7. The first-order valence-corrected chi connectivity index (χ1v) is 12.4. The lowest BCUT2D eigenvalue weighted by Crippen LogP contribution is -2.43. The van der Waals surface area contributed by atoms with Gasteiger partial charge in [0.15, 0.2) is 0 Å². The Bertz CT molecular complexity index is 1200. The summed E-state index contributed by atoms with van der Waals surface area (Å²) >= 11 is 0. The van der Waals surface area contributed by atoms with Crippen LogP contribution in [-0.4, -0.2) is 16.3 Å². The molecule has 3 aliphatic rings. The van der Waals surface area contributed by atoms with Crippen molar-refractivity contribution in [3.63, 3.8) is 0 Å². The molecule has 3 aromatic rings. The summed E-state index contributed by atoms with van der Waals surface area (Å²) in [5, 5.41) is 21.1. The normalized spacial score (nSPS) is 28.2. The number of hydrogen-bond donors (Lipinski definition) is 2. The minimum atomic E-state index is -0.245. The number of rotatable bonds is 4. The number of aliphatic hydroxyl groups is 1. The van der Waals surface area contributed by atoms with E-state index in [2.05, 4.69) is 66.7 Å². The summed E-state index contributed by atoms with van der Waals surface area (Å²) in [4.78, 5) is 0. The van der Waals surface area contributed by atoms with Gasteiger partial charge in [0, 0.05) is 5.41 Å². The number of phenolic OH excluding ortho intramolecular Hbond substituents is 1. The number of allylic oxidation sites excluding steroid dienone is 1. The van der Waals surface area contributed by atoms with Gasteiger partial charge in [-0.25, -0.2) is 0 Å². The summed E-state index contributed by atoms with van der Waals surface area (Å²) in [7, 11) is 0. The van der Waals surface area contributed by atoms with E-state index in [-0.39, 0.29) is 16.9 Å². The molecule has 0 spiro atoms. The Hall–Kier alpha value is -2.84. The second-order valence-electron chi connectivity index (χ2n) is 10.5. The van der Waals surface area contributed by atoms with Crippen molar-refractivity contribution in [1.29, 1.82) is 0 Å². The maximum atomic E-state index is 10.9. The van der Waals surface area contributed by atoms with Crippen LogP contribution in [0.2, 0.25) is 0 Å². The topological polar surface area (TPSA) is 40.5 Å². The summed E-state index contributed by atoms with van der Waals surface area (Å²) in [6, 6.07) is 27.8. The van der Waals surface area contributed by atoms with Gasteiger partial charge in [-0.05, 0) is 91.2 Å². The average Bonchev–Trinajstić information content (AvgIpc) is 3.15. The molecule has 0 heterocycles. The number of aromatic hydroxyl groups is 1. The summed E-state index contributed by atoms with van der Waals surface area (Å²) in [5.41, 5.74) is 8.60. The molecule has 3 aliphatic carbocycles. The van der Waals surface area contributed by atoms with E-state index in [1.165, 1.54) is 22.3 Å². The van der Waals surface area contributed by atoms with E-state index >= 15 is 0 Å². The van der Waals surface area contributed by atoms with Gasteiger partial charge in [0.05, 0.1) is 6.10 Å². The Morgan fingerprint density at radius 2 is 1.45 bits per heavy atom. The van der Waals surface area contributed by atoms with E-state index in [0.29, 0.717) is 5.75 Å². The van der Waals surface area contributed by atoms with Gasteiger partial charge in [0.25, 0.3) is 0 Å². The van der Waals surface area contributed by atoms with Crippen molar-refractivity contribution in [2.75, 3.05) is 0 Å². The molecule has 3 atom stereocenters. The monoisotopic (exact) mass is 436 g/mol. The summed E-state index contributed by atoms with van der Waals surface area (Å²) < 4.78 is 0. The van der Waals surface area contributed by atoms with Crippen molar-refractivity contribution in [1.82, 2.24) is 0 Å². The third kappa shape index (κ3) is 3.43. The van der Waals surface area contributed by atoms with Crippen LogP contribution in [0.25, 0.3) is 0 Å². The highest BCUT2D eigenvalue weighted by molar-refractivity contribution is 5.54. The quantitative estimate of drug-likeness (QED) is 0.472. The highest BCUT2D eigenvalue weighted by Crippen LogP contribution is 2.62. The van der Waals surface area contributed by atoms with Crippen LogP contribution in [0.1, 0.15) is 54.4 Å². The largest absolute Gasteiger partial charge is 0.508 e. The number of aryl methyl sites for hydroxylation is 1. The molecular weight excluding hydrogens is 404 g/mol. The van der Waals surface area contributed by atoms with Crippen LogP contribution in [0.3, 0.4) is 0 Å². The number of aliphatic hydroxyl groups excluding tert-OH is 1. The van der Waals surface area contributed by atoms with Gasteiger partial charge in [0.2, 0.25) is 0 Å². The Morgan fingerprint density at radius 1 is 0.758 bits per heavy atom. The van der Waals surface area contributed by atoms with Crippen molar-refractivity contribution < 1.29 is 10.2 Å². The molecule has 3 aromatic carbocycles. The predicted molar refractivity (Wildman–Crippen MR) is 132 cm³/mol. The van der Waals surface area contributed by atoms with Gasteiger partial charge >= 0.3 is 0 Å². The Balaban J connectivity index is 1.52. The molecule has 1 fully saturated rings. The van der Waals surface area contributed by atoms with Gasteiger partial charge in [0.1, 0.15) is 5.75 Å². The molecule has 33 heavy (non-hydrogen) atoms. The van der Waals surface area contributed by atoms with Crippen LogP contribution >= 0.6 is 0 Å². The van der Waals surface area contributed by atoms with Crippen molar-refractivity contribution in [2.24, 2.45) is 5.41 Å². The van der Waals surface area contributed by atoms with Crippen molar-refractivity contribution >= 4 is 0 Å². The molecule has 0 amide bonds. The fourth-order valence-corrected chi connectivity index (χ4v) is 7.38. The lowest BCUT2D eigenvalue weighted by Gasteiger charge is -2.51. The number of benzene rings is 3. The van der Waals surface area contributed by atoms with Crippen LogP contribution in [-0.2, 0) is 24.7 Å². The van der Waals surface area contributed by atoms with Gasteiger partial charge < -0.3 is 10.2 Å². The minimum Gasteiger partial charge on any atom is -0.508 e. The Morgan fingerprint density at radius 3 is 2.18 bits per heavy atom. The molecular formula is C31H32O2. The Kier molecular flexibility index (Phi) is 4.96. The molecule has 168 valence electrons. The lowest BCUT2D eigenvalue weighted by atomic mass is 9.53. The van der Waals surface area contributed by atoms with E-state index in [1.807, 2.05) is 12.1 Å². The Labute approximate surface area is 196 Å². The van der Waals surface area contributed by atoms with E-state index in [0.717, 1.165) is 51.4 Å². The van der Waals surface area contributed by atoms with Crippen molar-refractivity contribution in [2.45, 2.75) is 62.9 Å². The minimum absolute atomic E-state index is 0.0395. The van der Waals surface area contributed by atoms with Gasteiger partial charge in [-0.3, -0.25) is 0 Å². The third-order valence-electron chi connectivity index (χ3n) is 8.66. The SMILES string of the molecule is Oc1ccc2c(c1)CCC1=C3C[C@@H](O)C[C@@]3(Cc3ccccc3)CC[C@]12Cc1ccccc1. The van der Waals surface area contributed by atoms with E-state index in [9.17, 15) is 10.2 Å². The van der Waals surface area contributed by atoms with E-state index < -0.39 is 0 Å². The second-order valence-corrected chi connectivity index (χ2v) is 10.5. The second kappa shape index (κ2) is 7.88. The zero-order valence-corrected chi connectivity index (χ0v) is 19.1. The zero-order chi connectivity index (χ0) is 22.5. The highest BCUT2D eigenvalue weighted by Gasteiger charge is 2.53. The molecule has 0 bridgehead atoms. The molecule has 0 unspecified atom stereocenters. The molecule has 2 N–H and O–H groups in total. The molecule has 2 nitrogen and oxygen atoms in total. The molecule has 0 saturated heterocycles. The molecule has 1 saturated carbocycles. The molecule has 0 aliphatic heterocycles. The number of hydrogen-bond acceptors (Lipinski definition) is 2. The van der Waals surface area contributed by atoms with Crippen LogP contribution in [0.5, 0.6) is 5.75 Å². The van der Waals surface area contributed by atoms with Crippen LogP contribution < -0.4 is 0 Å². The summed E-state index contributed by atoms with van der Waals surface area (Å²) in [6.45, 7) is 0. The van der Waals surface area contributed by atoms with Crippen molar-refractivity contribution in [3.8, 4) is 5.75 Å². The van der Waals surface area contributed by atoms with E-state index in [1.54, 1.807) is 11.1 Å². The fraction of sp³-hybridized carbons (Fsp3) is 0.355. The maximum Gasteiger partial charge on any atom is 0.115 e. The molecule has 0 aromatic heterocycles. The predicted octanol–water partition coefficient (Wildman–Crippen LogP) is 6.29. The maximum absolute atomic E-state index is 10.9. The first-order valence-electron chi connectivity index (χ1n) is 12.4. The van der Waals surface area contributed by atoms with E-state index in [4.69, 9.17) is 0 Å². The standard InChI is InChI=1S/C31H32O2/c32-25-12-14-27-24(17-25)11-13-28-29-18-26(33)21-30(29,19-22-7-3-1-4-8-22)15-16-31(27,28)20-23-9-5-2-6-10-23/h1-10,12,14,17,26,32-33H,11,13,15-16,18-21H2/t26-,30+,31-/m1/s1. The lowest BCUT2D eigenvalue weighted by molar-refractivity contribution is 0.148. The number of fused-ring (bicyclic) bond motifs is 4. The first-order chi connectivity index (χ1) is 16.1. The van der Waals surface area contributed by atoms with Gasteiger partial charge in [-0.1, -0.05) is 77.9 Å². The summed E-state index contributed by atoms with van der Waals surface area (Å²) in [5.74, 6) is 0.366. The van der Waals surface area contributed by atoms with Crippen LogP contribution in [0.4, 0.5) is 0 Å². The summed E-state index contributed by atoms with van der Waals surface area (Å²) in [6.07, 6.45) is 7.65. The zero-order valence-electron chi connectivity index (χ0n) is 19.1. The number of phenols is 1. The smallest absolute Gasteiger partial charge is 0.115 e. The third-order valence-corrected chi connectivity index (χ3v) is 8.66. The molecule has 2 heteroatoms. The molecule has 0 radical (unpaired) electrons. The average molecular weight is 437 g/mol. The van der Waals surface area contributed by atoms with Crippen molar-refractivity contribution in [3.05, 3.63) is 112 Å². The van der Waals surface area contributed by atoms with Gasteiger partial charge in [-0.2, -0.15) is 0 Å². The highest BCUT2D eigenvalue weighted by atomic mass is 16.3. The fourth-order valence-electron chi connectivity index (χ4n) is 7.38.